The van der Waals surface area contributed by atoms with Crippen LogP contribution in [0.1, 0.15) is 43.2 Å². The molecule has 0 heterocycles. The van der Waals surface area contributed by atoms with Crippen LogP contribution in [0.25, 0.3) is 11.1 Å². The normalized spacial score (nSPS) is 14.6. The van der Waals surface area contributed by atoms with Gasteiger partial charge in [0.2, 0.25) is 0 Å². The molecule has 6 nitrogen and oxygen atoms in total. The summed E-state index contributed by atoms with van der Waals surface area (Å²) >= 11 is 0. The Morgan fingerprint density at radius 3 is 2.18 bits per heavy atom. The number of ether oxygens (including phenoxy) is 1. The number of hydrogen-bond donors (Lipinski definition) is 3. The number of benzene rings is 2. The summed E-state index contributed by atoms with van der Waals surface area (Å²) in [7, 11) is 0. The van der Waals surface area contributed by atoms with E-state index in [0.717, 1.165) is 28.7 Å². The highest BCUT2D eigenvalue weighted by atomic mass is 16.5. The van der Waals surface area contributed by atoms with E-state index < -0.39 is 24.2 Å². The first-order chi connectivity index (χ1) is 13.5. The van der Waals surface area contributed by atoms with Crippen molar-refractivity contribution in [1.82, 2.24) is 5.32 Å². The number of carbonyl (C=O) groups is 2. The van der Waals surface area contributed by atoms with E-state index in [1.165, 1.54) is 0 Å². The van der Waals surface area contributed by atoms with E-state index >= 15 is 0 Å². The third kappa shape index (κ3) is 4.17. The fraction of sp³-hybridized carbons (Fsp3) is 0.364. The first-order valence-electron chi connectivity index (χ1n) is 9.55. The van der Waals surface area contributed by atoms with Crippen molar-refractivity contribution in [2.24, 2.45) is 0 Å². The molecular formula is C22H25NO5. The molecule has 0 fully saturated rings. The summed E-state index contributed by atoms with van der Waals surface area (Å²) in [6.45, 7) is 2.04. The third-order valence-corrected chi connectivity index (χ3v) is 5.12. The van der Waals surface area contributed by atoms with E-state index in [-0.39, 0.29) is 12.5 Å². The summed E-state index contributed by atoms with van der Waals surface area (Å²) in [4.78, 5) is 23.6. The molecule has 0 aliphatic heterocycles. The van der Waals surface area contributed by atoms with Crippen LogP contribution in [0, 0.1) is 0 Å². The zero-order valence-corrected chi connectivity index (χ0v) is 15.8. The minimum Gasteiger partial charge on any atom is -0.480 e. The van der Waals surface area contributed by atoms with Gasteiger partial charge in [-0.2, -0.15) is 0 Å². The minimum absolute atomic E-state index is 0.0945. The molecule has 0 bridgehead atoms. The smallest absolute Gasteiger partial charge is 0.407 e. The second-order valence-electron chi connectivity index (χ2n) is 7.00. The zero-order chi connectivity index (χ0) is 20.1. The summed E-state index contributed by atoms with van der Waals surface area (Å²) in [5.41, 5.74) is 4.39. The van der Waals surface area contributed by atoms with Gasteiger partial charge in [-0.25, -0.2) is 9.59 Å². The Morgan fingerprint density at radius 1 is 1.07 bits per heavy atom. The Morgan fingerprint density at radius 2 is 1.64 bits per heavy atom. The number of carboxylic acid groups (broad SMARTS) is 1. The highest BCUT2D eigenvalue weighted by molar-refractivity contribution is 5.81. The van der Waals surface area contributed by atoms with Gasteiger partial charge in [0.15, 0.2) is 6.04 Å². The van der Waals surface area contributed by atoms with Crippen LogP contribution in [-0.4, -0.2) is 41.0 Å². The molecule has 0 unspecified atom stereocenters. The lowest BCUT2D eigenvalue weighted by molar-refractivity contribution is -0.142. The fourth-order valence-corrected chi connectivity index (χ4v) is 3.67. The minimum atomic E-state index is -1.39. The first-order valence-corrected chi connectivity index (χ1v) is 9.55. The van der Waals surface area contributed by atoms with Crippen LogP contribution in [0.4, 0.5) is 4.79 Å². The number of fused-ring (bicyclic) bond motifs is 3. The molecule has 0 spiro atoms. The molecule has 148 valence electrons. The predicted octanol–water partition coefficient (Wildman–Crippen LogP) is 3.53. The molecule has 0 saturated heterocycles. The van der Waals surface area contributed by atoms with Crippen molar-refractivity contribution in [3.63, 3.8) is 0 Å². The Bertz CT molecular complexity index is 805. The number of amides is 1. The molecule has 2 atom stereocenters. The summed E-state index contributed by atoms with van der Waals surface area (Å²) in [5.74, 6) is -1.39. The second-order valence-corrected chi connectivity index (χ2v) is 7.00. The van der Waals surface area contributed by atoms with Crippen LogP contribution in [0.3, 0.4) is 0 Å². The Hall–Kier alpha value is -2.86. The summed E-state index contributed by atoms with van der Waals surface area (Å²) in [6, 6.07) is 14.6. The maximum atomic E-state index is 12.2. The van der Waals surface area contributed by atoms with Crippen molar-refractivity contribution in [2.75, 3.05) is 6.61 Å². The third-order valence-electron chi connectivity index (χ3n) is 5.12. The van der Waals surface area contributed by atoms with Gasteiger partial charge in [0.25, 0.3) is 0 Å². The molecule has 6 heteroatoms. The molecule has 3 rings (SSSR count). The van der Waals surface area contributed by atoms with Gasteiger partial charge in [0, 0.05) is 5.92 Å². The fourth-order valence-electron chi connectivity index (χ4n) is 3.67. The van der Waals surface area contributed by atoms with Crippen molar-refractivity contribution < 1.29 is 24.5 Å². The molecule has 2 aromatic carbocycles. The summed E-state index contributed by atoms with van der Waals surface area (Å²) in [5, 5.41) is 21.6. The standard InChI is InChI=1S/C22H25NO5/c1-2-3-12-19(24)20(21(25)26)23-22(27)28-13-18-16-10-6-4-8-14(16)15-9-5-7-11-17(15)18/h4-11,18-20,24H,2-3,12-13H2,1H3,(H,23,27)(H,25,26)/t19-,20+/m0/s1. The average Bonchev–Trinajstić information content (AvgIpc) is 3.02. The number of unbranched alkanes of at least 4 members (excludes halogenated alkanes) is 1. The van der Waals surface area contributed by atoms with Crippen LogP contribution in [0.15, 0.2) is 48.5 Å². The predicted molar refractivity (Wildman–Crippen MR) is 105 cm³/mol. The first kappa shape index (κ1) is 19.9. The molecule has 2 aromatic rings. The molecule has 28 heavy (non-hydrogen) atoms. The Labute approximate surface area is 164 Å². The number of carboxylic acids is 1. The summed E-state index contributed by atoms with van der Waals surface area (Å²) < 4.78 is 5.35. The number of rotatable bonds is 8. The molecule has 0 radical (unpaired) electrons. The van der Waals surface area contributed by atoms with E-state index in [1.807, 2.05) is 55.5 Å². The lowest BCUT2D eigenvalue weighted by atomic mass is 9.98. The van der Waals surface area contributed by atoms with Gasteiger partial charge in [-0.1, -0.05) is 68.3 Å². The van der Waals surface area contributed by atoms with Crippen LogP contribution in [-0.2, 0) is 9.53 Å². The van der Waals surface area contributed by atoms with Crippen LogP contribution in [0.5, 0.6) is 0 Å². The highest BCUT2D eigenvalue weighted by Crippen LogP contribution is 2.44. The number of aliphatic carboxylic acids is 1. The molecular weight excluding hydrogens is 358 g/mol. The van der Waals surface area contributed by atoms with E-state index in [9.17, 15) is 19.8 Å². The van der Waals surface area contributed by atoms with Crippen LogP contribution in [0.2, 0.25) is 0 Å². The lowest BCUT2D eigenvalue weighted by Gasteiger charge is -2.21. The van der Waals surface area contributed by atoms with E-state index in [4.69, 9.17) is 4.74 Å². The number of aliphatic hydroxyl groups is 1. The van der Waals surface area contributed by atoms with E-state index in [0.29, 0.717) is 12.8 Å². The second kappa shape index (κ2) is 8.89. The zero-order valence-electron chi connectivity index (χ0n) is 15.8. The maximum Gasteiger partial charge on any atom is 0.407 e. The van der Waals surface area contributed by atoms with Crippen molar-refractivity contribution in [3.05, 3.63) is 59.7 Å². The maximum absolute atomic E-state index is 12.2. The molecule has 0 saturated carbocycles. The van der Waals surface area contributed by atoms with Crippen molar-refractivity contribution in [2.45, 2.75) is 44.2 Å². The quantitative estimate of drug-likeness (QED) is 0.648. The summed E-state index contributed by atoms with van der Waals surface area (Å²) in [6.07, 6.45) is -0.189. The number of alkyl carbamates (subject to hydrolysis) is 1. The molecule has 0 aromatic heterocycles. The molecule has 1 aliphatic rings. The average molecular weight is 383 g/mol. The SMILES string of the molecule is CCCC[C@H](O)[C@@H](NC(=O)OCC1c2ccccc2-c2ccccc21)C(=O)O. The van der Waals surface area contributed by atoms with Crippen molar-refractivity contribution in [1.29, 1.82) is 0 Å². The van der Waals surface area contributed by atoms with Crippen LogP contribution < -0.4 is 5.32 Å². The Kier molecular flexibility index (Phi) is 6.31. The molecule has 1 aliphatic carbocycles. The van der Waals surface area contributed by atoms with Gasteiger partial charge in [0.05, 0.1) is 6.10 Å². The largest absolute Gasteiger partial charge is 0.480 e. The number of carbonyl (C=O) groups excluding carboxylic acids is 1. The van der Waals surface area contributed by atoms with E-state index in [2.05, 4.69) is 5.32 Å². The van der Waals surface area contributed by atoms with Gasteiger partial charge in [-0.05, 0) is 28.7 Å². The number of hydrogen-bond acceptors (Lipinski definition) is 4. The van der Waals surface area contributed by atoms with Gasteiger partial charge >= 0.3 is 12.1 Å². The van der Waals surface area contributed by atoms with Crippen molar-refractivity contribution >= 4 is 12.1 Å². The Balaban J connectivity index is 1.67. The molecule has 3 N–H and O–H groups in total. The topological polar surface area (TPSA) is 95.9 Å². The van der Waals surface area contributed by atoms with E-state index in [1.54, 1.807) is 0 Å². The van der Waals surface area contributed by atoms with Gasteiger partial charge in [0.1, 0.15) is 6.61 Å². The van der Waals surface area contributed by atoms with Crippen molar-refractivity contribution in [3.8, 4) is 11.1 Å². The van der Waals surface area contributed by atoms with Crippen LogP contribution >= 0.6 is 0 Å². The number of aliphatic hydroxyl groups excluding tert-OH is 1. The van der Waals surface area contributed by atoms with Gasteiger partial charge in [-0.15, -0.1) is 0 Å². The van der Waals surface area contributed by atoms with Gasteiger partial charge < -0.3 is 20.3 Å². The lowest BCUT2D eigenvalue weighted by Crippen LogP contribution is -2.49. The van der Waals surface area contributed by atoms with Gasteiger partial charge in [-0.3, -0.25) is 0 Å². The molecule has 1 amide bonds. The highest BCUT2D eigenvalue weighted by Gasteiger charge is 2.31. The monoisotopic (exact) mass is 383 g/mol. The number of nitrogens with one attached hydrogen (secondary N) is 1.